The van der Waals surface area contributed by atoms with Crippen molar-refractivity contribution in [3.8, 4) is 0 Å². The Balaban J connectivity index is 1.94. The second-order valence-corrected chi connectivity index (χ2v) is 11.5. The number of anilines is 1. The van der Waals surface area contributed by atoms with Gasteiger partial charge in [-0.15, -0.1) is 6.58 Å². The number of sulfone groups is 1. The van der Waals surface area contributed by atoms with Crippen molar-refractivity contribution in [3.63, 3.8) is 0 Å². The van der Waals surface area contributed by atoms with Crippen molar-refractivity contribution in [1.82, 2.24) is 5.32 Å². The molecule has 1 N–H and O–H groups in total. The van der Waals surface area contributed by atoms with Crippen molar-refractivity contribution in [2.24, 2.45) is 0 Å². The van der Waals surface area contributed by atoms with Crippen LogP contribution in [0, 0.1) is 5.82 Å². The van der Waals surface area contributed by atoms with Gasteiger partial charge in [-0.05, 0) is 48.9 Å². The average Bonchev–Trinajstić information content (AvgIpc) is 3.05. The first-order valence-corrected chi connectivity index (χ1v) is 12.9. The lowest BCUT2D eigenvalue weighted by Gasteiger charge is -2.24. The van der Waals surface area contributed by atoms with Crippen LogP contribution in [0.5, 0.6) is 0 Å². The highest BCUT2D eigenvalue weighted by Crippen LogP contribution is 2.29. The Morgan fingerprint density at radius 2 is 1.94 bits per heavy atom. The summed E-state index contributed by atoms with van der Waals surface area (Å²) in [4.78, 5) is 12.3. The molecular formula is C20H20ClFN2O5S2. The minimum atomic E-state index is -4.23. The van der Waals surface area contributed by atoms with Gasteiger partial charge in [0.2, 0.25) is 0 Å². The molecule has 3 rings (SSSR count). The highest BCUT2D eigenvalue weighted by Gasteiger charge is 2.31. The van der Waals surface area contributed by atoms with Gasteiger partial charge in [0.1, 0.15) is 10.7 Å². The molecule has 2 aromatic carbocycles. The highest BCUT2D eigenvalue weighted by molar-refractivity contribution is 7.93. The third-order valence-electron chi connectivity index (χ3n) is 4.74. The molecule has 1 fully saturated rings. The predicted molar refractivity (Wildman–Crippen MR) is 117 cm³/mol. The van der Waals surface area contributed by atoms with Crippen LogP contribution in [0.4, 0.5) is 10.1 Å². The monoisotopic (exact) mass is 486 g/mol. The van der Waals surface area contributed by atoms with Crippen LogP contribution in [-0.2, 0) is 19.9 Å². The average molecular weight is 487 g/mol. The van der Waals surface area contributed by atoms with Gasteiger partial charge in [-0.3, -0.25) is 9.10 Å². The lowest BCUT2D eigenvalue weighted by atomic mass is 10.2. The Morgan fingerprint density at radius 3 is 2.52 bits per heavy atom. The second-order valence-electron chi connectivity index (χ2n) is 7.02. The summed E-state index contributed by atoms with van der Waals surface area (Å²) in [5.41, 5.74) is 0.216. The summed E-state index contributed by atoms with van der Waals surface area (Å²) in [5, 5.41) is 2.51. The van der Waals surface area contributed by atoms with Gasteiger partial charge in [0.15, 0.2) is 9.84 Å². The van der Waals surface area contributed by atoms with E-state index in [1.54, 1.807) is 0 Å². The molecule has 0 saturated carbocycles. The standard InChI is InChI=1S/C20H20ClFN2O5S2/c1-2-10-24(17-6-4-15(22)5-7-17)31(28,29)19-12-14(3-8-18(19)21)20(25)23-16-9-11-30(26,27)13-16/h2-8,12,16H,1,9-11,13H2,(H,23,25)/t16-/m0/s1. The SMILES string of the molecule is C=CCN(c1ccc(F)cc1)S(=O)(=O)c1cc(C(=O)N[C@H]2CCS(=O)(=O)C2)ccc1Cl. The van der Waals surface area contributed by atoms with Gasteiger partial charge in [0, 0.05) is 11.6 Å². The first-order valence-electron chi connectivity index (χ1n) is 9.23. The van der Waals surface area contributed by atoms with E-state index < -0.39 is 37.6 Å². The number of rotatable bonds is 7. The Bertz CT molecular complexity index is 1210. The molecule has 7 nitrogen and oxygen atoms in total. The Kier molecular flexibility index (Phi) is 6.73. The van der Waals surface area contributed by atoms with Crippen molar-refractivity contribution in [3.05, 3.63) is 71.5 Å². The number of nitrogens with one attached hydrogen (secondary N) is 1. The zero-order valence-electron chi connectivity index (χ0n) is 16.3. The fraction of sp³-hybridized carbons (Fsp3) is 0.250. The van der Waals surface area contributed by atoms with Gasteiger partial charge in [-0.25, -0.2) is 21.2 Å². The molecule has 31 heavy (non-hydrogen) atoms. The summed E-state index contributed by atoms with van der Waals surface area (Å²) in [7, 11) is -7.42. The van der Waals surface area contributed by atoms with E-state index in [0.717, 1.165) is 22.5 Å². The minimum absolute atomic E-state index is 0.00756. The van der Waals surface area contributed by atoms with E-state index >= 15 is 0 Å². The quantitative estimate of drug-likeness (QED) is 0.606. The molecule has 0 unspecified atom stereocenters. The molecule has 1 aliphatic rings. The molecule has 1 atom stereocenters. The molecule has 0 bridgehead atoms. The second kappa shape index (κ2) is 8.97. The van der Waals surface area contributed by atoms with Gasteiger partial charge < -0.3 is 5.32 Å². The van der Waals surface area contributed by atoms with Crippen molar-refractivity contribution < 1.29 is 26.0 Å². The van der Waals surface area contributed by atoms with E-state index in [1.165, 1.54) is 30.3 Å². The fourth-order valence-corrected chi connectivity index (χ4v) is 6.82. The molecule has 0 aromatic heterocycles. The van der Waals surface area contributed by atoms with Gasteiger partial charge in [0.25, 0.3) is 15.9 Å². The number of sulfonamides is 1. The van der Waals surface area contributed by atoms with Crippen LogP contribution in [0.15, 0.2) is 60.0 Å². The summed E-state index contributed by atoms with van der Waals surface area (Å²) in [6, 6.07) is 8.11. The van der Waals surface area contributed by atoms with Crippen LogP contribution in [0.3, 0.4) is 0 Å². The Morgan fingerprint density at radius 1 is 1.26 bits per heavy atom. The molecule has 1 saturated heterocycles. The van der Waals surface area contributed by atoms with Gasteiger partial charge in [-0.2, -0.15) is 0 Å². The van der Waals surface area contributed by atoms with Crippen LogP contribution in [0.1, 0.15) is 16.8 Å². The van der Waals surface area contributed by atoms with Crippen LogP contribution < -0.4 is 9.62 Å². The minimum Gasteiger partial charge on any atom is -0.348 e. The summed E-state index contributed by atoms with van der Waals surface area (Å²) in [6.45, 7) is 3.45. The van der Waals surface area contributed by atoms with Crippen LogP contribution in [0.2, 0.25) is 5.02 Å². The van der Waals surface area contributed by atoms with E-state index in [-0.39, 0.29) is 39.2 Å². The number of amides is 1. The first kappa shape index (κ1) is 23.2. The van der Waals surface area contributed by atoms with E-state index in [0.29, 0.717) is 6.42 Å². The van der Waals surface area contributed by atoms with Gasteiger partial charge in [0.05, 0.1) is 28.8 Å². The maximum atomic E-state index is 13.3. The third kappa shape index (κ3) is 5.25. The summed E-state index contributed by atoms with van der Waals surface area (Å²) in [6.07, 6.45) is 1.66. The number of hydrogen-bond donors (Lipinski definition) is 1. The summed E-state index contributed by atoms with van der Waals surface area (Å²) >= 11 is 6.15. The van der Waals surface area contributed by atoms with Crippen LogP contribution in [0.25, 0.3) is 0 Å². The molecule has 11 heteroatoms. The maximum absolute atomic E-state index is 13.3. The molecule has 0 spiro atoms. The third-order valence-corrected chi connectivity index (χ3v) is 8.78. The van der Waals surface area contributed by atoms with Crippen molar-refractivity contribution in [1.29, 1.82) is 0 Å². The van der Waals surface area contributed by atoms with E-state index in [4.69, 9.17) is 11.6 Å². The van der Waals surface area contributed by atoms with E-state index in [9.17, 15) is 26.0 Å². The maximum Gasteiger partial charge on any atom is 0.266 e. The normalized spacial score (nSPS) is 17.8. The number of halogens is 2. The van der Waals surface area contributed by atoms with Crippen molar-refractivity contribution in [2.75, 3.05) is 22.4 Å². The topological polar surface area (TPSA) is 101 Å². The van der Waals surface area contributed by atoms with Crippen LogP contribution >= 0.6 is 11.6 Å². The summed E-state index contributed by atoms with van der Waals surface area (Å²) < 4.78 is 64.1. The number of nitrogens with zero attached hydrogens (tertiary/aromatic N) is 1. The number of hydrogen-bond acceptors (Lipinski definition) is 5. The number of benzene rings is 2. The smallest absolute Gasteiger partial charge is 0.266 e. The molecule has 1 aliphatic heterocycles. The van der Waals surface area contributed by atoms with Gasteiger partial charge >= 0.3 is 0 Å². The zero-order chi connectivity index (χ0) is 22.8. The van der Waals surface area contributed by atoms with Crippen molar-refractivity contribution in [2.45, 2.75) is 17.4 Å². The summed E-state index contributed by atoms with van der Waals surface area (Å²) in [5.74, 6) is -1.29. The molecule has 1 heterocycles. The highest BCUT2D eigenvalue weighted by atomic mass is 35.5. The first-order chi connectivity index (χ1) is 14.5. The van der Waals surface area contributed by atoms with E-state index in [2.05, 4.69) is 11.9 Å². The predicted octanol–water partition coefficient (Wildman–Crippen LogP) is 2.78. The van der Waals surface area contributed by atoms with E-state index in [1.807, 2.05) is 0 Å². The Labute approximate surface area is 185 Å². The molecule has 1 amide bonds. The molecule has 0 radical (unpaired) electrons. The molecule has 166 valence electrons. The van der Waals surface area contributed by atoms with Gasteiger partial charge in [-0.1, -0.05) is 17.7 Å². The molecule has 2 aromatic rings. The number of carbonyl (C=O) groups is 1. The zero-order valence-corrected chi connectivity index (χ0v) is 18.7. The number of carbonyl (C=O) groups excluding carboxylic acids is 1. The molecular weight excluding hydrogens is 467 g/mol. The largest absolute Gasteiger partial charge is 0.348 e. The molecule has 0 aliphatic carbocycles. The lowest BCUT2D eigenvalue weighted by Crippen LogP contribution is -2.36. The fourth-order valence-electron chi connectivity index (χ4n) is 3.21. The Hall–Kier alpha value is -2.43. The van der Waals surface area contributed by atoms with Crippen molar-refractivity contribution >= 4 is 43.1 Å². The lowest BCUT2D eigenvalue weighted by molar-refractivity contribution is 0.0941. The van der Waals surface area contributed by atoms with Crippen LogP contribution in [-0.4, -0.2) is 46.8 Å².